The summed E-state index contributed by atoms with van der Waals surface area (Å²) in [6.45, 7) is 1.34. The van der Waals surface area contributed by atoms with Crippen LogP contribution in [-0.4, -0.2) is 13.8 Å². The second-order valence-electron chi connectivity index (χ2n) is 4.42. The number of methoxy groups -OCH3 is 1. The molecule has 0 saturated carbocycles. The Morgan fingerprint density at radius 1 is 1.16 bits per heavy atom. The fourth-order valence-electron chi connectivity index (χ4n) is 2.17. The number of benzene rings is 2. The topological polar surface area (TPSA) is 21.7 Å². The van der Waals surface area contributed by atoms with Gasteiger partial charge in [-0.25, -0.2) is 0 Å². The Bertz CT molecular complexity index is 583. The molecular formula is C15H14ClNO2. The van der Waals surface area contributed by atoms with Gasteiger partial charge in [0.05, 0.1) is 7.11 Å². The van der Waals surface area contributed by atoms with Crippen molar-refractivity contribution < 1.29 is 9.47 Å². The second-order valence-corrected chi connectivity index (χ2v) is 4.86. The molecule has 1 heterocycles. The van der Waals surface area contributed by atoms with Gasteiger partial charge < -0.3 is 14.4 Å². The van der Waals surface area contributed by atoms with Crippen LogP contribution in [0.3, 0.4) is 0 Å². The largest absolute Gasteiger partial charge is 0.497 e. The molecule has 0 spiro atoms. The summed E-state index contributed by atoms with van der Waals surface area (Å²) in [6.07, 6.45) is 0. The molecular weight excluding hydrogens is 262 g/mol. The lowest BCUT2D eigenvalue weighted by molar-refractivity contribution is 0.289. The number of ether oxygens (including phenoxy) is 2. The van der Waals surface area contributed by atoms with Crippen LogP contribution in [0.15, 0.2) is 42.5 Å². The highest BCUT2D eigenvalue weighted by Crippen LogP contribution is 2.30. The SMILES string of the molecule is COc1ccc(N2COc3ccc(Cl)cc3C2)cc1. The van der Waals surface area contributed by atoms with E-state index in [9.17, 15) is 0 Å². The summed E-state index contributed by atoms with van der Waals surface area (Å²) in [5, 5.41) is 0.735. The predicted molar refractivity (Wildman–Crippen MR) is 76.1 cm³/mol. The molecule has 1 aliphatic heterocycles. The van der Waals surface area contributed by atoms with E-state index in [4.69, 9.17) is 21.1 Å². The highest BCUT2D eigenvalue weighted by atomic mass is 35.5. The van der Waals surface area contributed by atoms with Gasteiger partial charge in [0.2, 0.25) is 0 Å². The van der Waals surface area contributed by atoms with E-state index in [1.165, 1.54) is 0 Å². The van der Waals surface area contributed by atoms with Gasteiger partial charge in [-0.1, -0.05) is 11.6 Å². The Morgan fingerprint density at radius 2 is 1.95 bits per heavy atom. The minimum absolute atomic E-state index is 0.543. The first kappa shape index (κ1) is 12.2. The van der Waals surface area contributed by atoms with E-state index in [1.807, 2.05) is 42.5 Å². The Balaban J connectivity index is 1.84. The summed E-state index contributed by atoms with van der Waals surface area (Å²) in [4.78, 5) is 2.15. The third-order valence-corrected chi connectivity index (χ3v) is 3.43. The van der Waals surface area contributed by atoms with Crippen LogP contribution in [0.4, 0.5) is 5.69 Å². The highest BCUT2D eigenvalue weighted by molar-refractivity contribution is 6.30. The maximum absolute atomic E-state index is 6.02. The molecule has 4 heteroatoms. The number of hydrogen-bond donors (Lipinski definition) is 0. The third kappa shape index (κ3) is 2.47. The van der Waals surface area contributed by atoms with Crippen molar-refractivity contribution >= 4 is 17.3 Å². The first-order chi connectivity index (χ1) is 9.26. The molecule has 2 aromatic carbocycles. The lowest BCUT2D eigenvalue weighted by atomic mass is 10.1. The molecule has 19 heavy (non-hydrogen) atoms. The maximum Gasteiger partial charge on any atom is 0.161 e. The minimum Gasteiger partial charge on any atom is -0.497 e. The molecule has 3 nitrogen and oxygen atoms in total. The number of fused-ring (bicyclic) bond motifs is 1. The van der Waals surface area contributed by atoms with Crippen molar-refractivity contribution in [3.8, 4) is 11.5 Å². The molecule has 0 bridgehead atoms. The molecule has 0 saturated heterocycles. The quantitative estimate of drug-likeness (QED) is 0.834. The van der Waals surface area contributed by atoms with E-state index in [1.54, 1.807) is 7.11 Å². The fourth-order valence-corrected chi connectivity index (χ4v) is 2.36. The molecule has 0 amide bonds. The van der Waals surface area contributed by atoms with Gasteiger partial charge in [-0.05, 0) is 42.5 Å². The summed E-state index contributed by atoms with van der Waals surface area (Å²) in [6, 6.07) is 13.7. The van der Waals surface area contributed by atoms with Crippen LogP contribution in [0.2, 0.25) is 5.02 Å². The van der Waals surface area contributed by atoms with E-state index < -0.39 is 0 Å². The Hall–Kier alpha value is -1.87. The fraction of sp³-hybridized carbons (Fsp3) is 0.200. The average molecular weight is 276 g/mol. The van der Waals surface area contributed by atoms with Gasteiger partial charge in [0.15, 0.2) is 6.73 Å². The minimum atomic E-state index is 0.543. The maximum atomic E-state index is 6.02. The summed E-state index contributed by atoms with van der Waals surface area (Å²) in [5.41, 5.74) is 2.21. The standard InChI is InChI=1S/C15H14ClNO2/c1-18-14-5-3-13(4-6-14)17-9-11-8-12(16)2-7-15(11)19-10-17/h2-8H,9-10H2,1H3. The van der Waals surface area contributed by atoms with Gasteiger partial charge in [-0.3, -0.25) is 0 Å². The van der Waals surface area contributed by atoms with E-state index in [0.717, 1.165) is 34.3 Å². The number of hydrogen-bond acceptors (Lipinski definition) is 3. The normalized spacial score (nSPS) is 13.7. The van der Waals surface area contributed by atoms with Crippen LogP contribution in [0.1, 0.15) is 5.56 Å². The van der Waals surface area contributed by atoms with Crippen molar-refractivity contribution in [3.05, 3.63) is 53.1 Å². The van der Waals surface area contributed by atoms with E-state index >= 15 is 0 Å². The number of anilines is 1. The van der Waals surface area contributed by atoms with Gasteiger partial charge in [0.1, 0.15) is 11.5 Å². The zero-order chi connectivity index (χ0) is 13.2. The van der Waals surface area contributed by atoms with Gasteiger partial charge in [0, 0.05) is 22.8 Å². The lowest BCUT2D eigenvalue weighted by Crippen LogP contribution is -2.31. The summed E-state index contributed by atoms with van der Waals surface area (Å²) >= 11 is 6.02. The summed E-state index contributed by atoms with van der Waals surface area (Å²) in [5.74, 6) is 1.76. The second kappa shape index (κ2) is 5.02. The molecule has 1 aliphatic rings. The number of rotatable bonds is 2. The van der Waals surface area contributed by atoms with Crippen molar-refractivity contribution in [2.75, 3.05) is 18.7 Å². The molecule has 98 valence electrons. The Kier molecular flexibility index (Phi) is 3.22. The number of halogens is 1. The van der Waals surface area contributed by atoms with Gasteiger partial charge in [0.25, 0.3) is 0 Å². The van der Waals surface area contributed by atoms with Crippen LogP contribution < -0.4 is 14.4 Å². The van der Waals surface area contributed by atoms with Crippen molar-refractivity contribution in [2.45, 2.75) is 6.54 Å². The van der Waals surface area contributed by atoms with Crippen molar-refractivity contribution in [1.82, 2.24) is 0 Å². The predicted octanol–water partition coefficient (Wildman–Crippen LogP) is 3.71. The van der Waals surface area contributed by atoms with Crippen LogP contribution in [0.25, 0.3) is 0 Å². The lowest BCUT2D eigenvalue weighted by Gasteiger charge is -2.30. The highest BCUT2D eigenvalue weighted by Gasteiger charge is 2.17. The Labute approximate surface area is 117 Å². The molecule has 0 N–H and O–H groups in total. The Morgan fingerprint density at radius 3 is 2.68 bits per heavy atom. The molecule has 0 unspecified atom stereocenters. The summed E-state index contributed by atoms with van der Waals surface area (Å²) in [7, 11) is 1.66. The van der Waals surface area contributed by atoms with Crippen molar-refractivity contribution in [3.63, 3.8) is 0 Å². The van der Waals surface area contributed by atoms with Gasteiger partial charge in [-0.2, -0.15) is 0 Å². The average Bonchev–Trinajstić information content (AvgIpc) is 2.46. The molecule has 0 aromatic heterocycles. The monoisotopic (exact) mass is 275 g/mol. The third-order valence-electron chi connectivity index (χ3n) is 3.20. The zero-order valence-corrected chi connectivity index (χ0v) is 11.4. The zero-order valence-electron chi connectivity index (χ0n) is 10.6. The molecule has 0 atom stereocenters. The molecule has 0 radical (unpaired) electrons. The molecule has 3 rings (SSSR count). The number of nitrogens with zero attached hydrogens (tertiary/aromatic N) is 1. The summed E-state index contributed by atoms with van der Waals surface area (Å²) < 4.78 is 10.9. The van der Waals surface area contributed by atoms with Gasteiger partial charge >= 0.3 is 0 Å². The van der Waals surface area contributed by atoms with Crippen LogP contribution in [-0.2, 0) is 6.54 Å². The molecule has 0 fully saturated rings. The smallest absolute Gasteiger partial charge is 0.161 e. The molecule has 0 aliphatic carbocycles. The van der Waals surface area contributed by atoms with E-state index in [0.29, 0.717) is 6.73 Å². The van der Waals surface area contributed by atoms with Crippen molar-refractivity contribution in [1.29, 1.82) is 0 Å². The first-order valence-corrected chi connectivity index (χ1v) is 6.44. The first-order valence-electron chi connectivity index (χ1n) is 6.06. The van der Waals surface area contributed by atoms with Gasteiger partial charge in [-0.15, -0.1) is 0 Å². The molecule has 2 aromatic rings. The van der Waals surface area contributed by atoms with Crippen LogP contribution >= 0.6 is 11.6 Å². The van der Waals surface area contributed by atoms with E-state index in [-0.39, 0.29) is 0 Å². The van der Waals surface area contributed by atoms with Crippen LogP contribution in [0.5, 0.6) is 11.5 Å². The van der Waals surface area contributed by atoms with Crippen molar-refractivity contribution in [2.24, 2.45) is 0 Å². The van der Waals surface area contributed by atoms with Crippen LogP contribution in [0, 0.1) is 0 Å². The van der Waals surface area contributed by atoms with E-state index in [2.05, 4.69) is 4.90 Å².